The van der Waals surface area contributed by atoms with Crippen LogP contribution in [-0.4, -0.2) is 23.9 Å². The summed E-state index contributed by atoms with van der Waals surface area (Å²) in [6.07, 6.45) is 2.62. The summed E-state index contributed by atoms with van der Waals surface area (Å²) in [5.74, 6) is 1.22. The van der Waals surface area contributed by atoms with E-state index in [1.54, 1.807) is 19.1 Å². The molecule has 1 aliphatic heterocycles. The minimum Gasteiger partial charge on any atom is -0.292 e. The minimum absolute atomic E-state index is 1.08. The lowest BCUT2D eigenvalue weighted by atomic mass is 10.3. The zero-order valence-corrected chi connectivity index (χ0v) is 5.91. The van der Waals surface area contributed by atoms with Gasteiger partial charge >= 0.3 is 0 Å². The Kier molecular flexibility index (Phi) is 2.66. The van der Waals surface area contributed by atoms with E-state index >= 15 is 0 Å². The molecule has 0 aromatic heterocycles. The maximum atomic E-state index is 4.99. The third-order valence-corrected chi connectivity index (χ3v) is 2.26. The van der Waals surface area contributed by atoms with Crippen molar-refractivity contribution in [1.29, 1.82) is 0 Å². The molecule has 1 rings (SSSR count). The minimum atomic E-state index is 1.08. The van der Waals surface area contributed by atoms with Crippen LogP contribution in [0.5, 0.6) is 0 Å². The summed E-state index contributed by atoms with van der Waals surface area (Å²) in [7, 11) is 1.72. The highest BCUT2D eigenvalue weighted by molar-refractivity contribution is 7.96. The van der Waals surface area contributed by atoms with Gasteiger partial charge in [0.2, 0.25) is 0 Å². The molecule has 0 atom stereocenters. The molecule has 1 fully saturated rings. The lowest BCUT2D eigenvalue weighted by molar-refractivity contribution is -0.0411. The summed E-state index contributed by atoms with van der Waals surface area (Å²) in [6, 6.07) is 0. The molecule has 0 N–H and O–H groups in total. The zero-order valence-electron chi connectivity index (χ0n) is 5.09. The summed E-state index contributed by atoms with van der Waals surface area (Å²) < 4.78 is 1.93. The fourth-order valence-corrected chi connectivity index (χ4v) is 1.62. The van der Waals surface area contributed by atoms with Crippen LogP contribution in [0.3, 0.4) is 0 Å². The lowest BCUT2D eigenvalue weighted by Crippen LogP contribution is -2.20. The van der Waals surface area contributed by atoms with Crippen LogP contribution in [0.1, 0.15) is 12.8 Å². The monoisotopic (exact) mass is 133 g/mol. The average molecular weight is 133 g/mol. The summed E-state index contributed by atoms with van der Waals surface area (Å²) in [5, 5.41) is 0. The number of hydroxylamine groups is 1. The third-order valence-electron chi connectivity index (χ3n) is 1.17. The van der Waals surface area contributed by atoms with Gasteiger partial charge in [-0.3, -0.25) is 4.84 Å². The fourth-order valence-electron chi connectivity index (χ4n) is 0.718. The van der Waals surface area contributed by atoms with Crippen LogP contribution in [0.25, 0.3) is 0 Å². The van der Waals surface area contributed by atoms with Gasteiger partial charge in [0, 0.05) is 12.3 Å². The van der Waals surface area contributed by atoms with Crippen LogP contribution in [0.2, 0.25) is 0 Å². The quantitative estimate of drug-likeness (QED) is 0.500. The van der Waals surface area contributed by atoms with Crippen molar-refractivity contribution in [2.75, 3.05) is 19.4 Å². The number of nitrogens with zero attached hydrogens (tertiary/aromatic N) is 1. The molecule has 0 aromatic rings. The van der Waals surface area contributed by atoms with Crippen molar-refractivity contribution in [1.82, 2.24) is 4.47 Å². The Morgan fingerprint density at radius 1 is 1.50 bits per heavy atom. The summed E-state index contributed by atoms with van der Waals surface area (Å²) in [6.45, 7) is 1.08. The van der Waals surface area contributed by atoms with E-state index in [1.165, 1.54) is 18.6 Å². The van der Waals surface area contributed by atoms with E-state index in [1.807, 2.05) is 4.47 Å². The van der Waals surface area contributed by atoms with E-state index in [-0.39, 0.29) is 0 Å². The highest BCUT2D eigenvalue weighted by atomic mass is 32.2. The normalized spacial score (nSPS) is 23.6. The van der Waals surface area contributed by atoms with Crippen LogP contribution in [0.4, 0.5) is 0 Å². The first kappa shape index (κ1) is 6.39. The van der Waals surface area contributed by atoms with Crippen molar-refractivity contribution in [3.05, 3.63) is 0 Å². The predicted molar refractivity (Wildman–Crippen MR) is 35.4 cm³/mol. The van der Waals surface area contributed by atoms with Gasteiger partial charge in [-0.2, -0.15) is 0 Å². The molecule has 0 aromatic carbocycles. The largest absolute Gasteiger partial charge is 0.292 e. The summed E-state index contributed by atoms with van der Waals surface area (Å²) in [5.41, 5.74) is 0. The second-order valence-electron chi connectivity index (χ2n) is 1.78. The SMILES string of the molecule is CON1CCCCS1. The molecule has 0 radical (unpaired) electrons. The Balaban J connectivity index is 2.13. The first-order valence-corrected chi connectivity index (χ1v) is 3.82. The molecule has 48 valence electrons. The molecule has 1 saturated heterocycles. The highest BCUT2D eigenvalue weighted by Gasteiger charge is 2.08. The molecule has 0 amide bonds. The van der Waals surface area contributed by atoms with E-state index in [0.717, 1.165) is 6.54 Å². The smallest absolute Gasteiger partial charge is 0.0586 e. The van der Waals surface area contributed by atoms with Crippen molar-refractivity contribution in [3.63, 3.8) is 0 Å². The Hall–Kier alpha value is 0.270. The number of hydrogen-bond donors (Lipinski definition) is 0. The molecule has 0 saturated carbocycles. The first-order valence-electron chi connectivity index (χ1n) is 2.88. The van der Waals surface area contributed by atoms with Crippen molar-refractivity contribution in [3.8, 4) is 0 Å². The average Bonchev–Trinajstić information content (AvgIpc) is 1.90. The molecule has 2 nitrogen and oxygen atoms in total. The van der Waals surface area contributed by atoms with Gasteiger partial charge in [-0.15, -0.1) is 4.47 Å². The Bertz CT molecular complexity index is 63.4. The van der Waals surface area contributed by atoms with Gasteiger partial charge in [0.15, 0.2) is 0 Å². The second-order valence-corrected chi connectivity index (χ2v) is 2.85. The topological polar surface area (TPSA) is 12.5 Å². The molecule has 0 bridgehead atoms. The molecule has 8 heavy (non-hydrogen) atoms. The summed E-state index contributed by atoms with van der Waals surface area (Å²) >= 11 is 1.77. The van der Waals surface area contributed by atoms with Crippen molar-refractivity contribution >= 4 is 11.9 Å². The number of hydrogen-bond acceptors (Lipinski definition) is 3. The maximum Gasteiger partial charge on any atom is 0.0586 e. The highest BCUT2D eigenvalue weighted by Crippen LogP contribution is 2.18. The molecule has 0 aliphatic carbocycles. The number of rotatable bonds is 1. The van der Waals surface area contributed by atoms with Crippen molar-refractivity contribution in [2.24, 2.45) is 0 Å². The van der Waals surface area contributed by atoms with Crippen LogP contribution in [-0.2, 0) is 4.84 Å². The van der Waals surface area contributed by atoms with Crippen molar-refractivity contribution in [2.45, 2.75) is 12.8 Å². The molecule has 0 unspecified atom stereocenters. The van der Waals surface area contributed by atoms with Crippen LogP contribution < -0.4 is 0 Å². The molecular formula is C5H11NOS. The predicted octanol–water partition coefficient (Wildman–Crippen LogP) is 1.29. The van der Waals surface area contributed by atoms with Crippen molar-refractivity contribution < 1.29 is 4.84 Å². The molecule has 3 heteroatoms. The van der Waals surface area contributed by atoms with Gasteiger partial charge in [0.1, 0.15) is 0 Å². The second kappa shape index (κ2) is 3.33. The van der Waals surface area contributed by atoms with Gasteiger partial charge in [-0.1, -0.05) is 11.9 Å². The van der Waals surface area contributed by atoms with Crippen LogP contribution in [0.15, 0.2) is 0 Å². The maximum absolute atomic E-state index is 4.99. The van der Waals surface area contributed by atoms with Gasteiger partial charge < -0.3 is 0 Å². The van der Waals surface area contributed by atoms with Gasteiger partial charge in [0.05, 0.1) is 7.11 Å². The van der Waals surface area contributed by atoms with E-state index in [9.17, 15) is 0 Å². The van der Waals surface area contributed by atoms with Gasteiger partial charge in [-0.05, 0) is 12.8 Å². The van der Waals surface area contributed by atoms with Gasteiger partial charge in [-0.25, -0.2) is 0 Å². The van der Waals surface area contributed by atoms with E-state index in [0.29, 0.717) is 0 Å². The zero-order chi connectivity index (χ0) is 5.82. The molecule has 1 aliphatic rings. The molecule has 1 heterocycles. The lowest BCUT2D eigenvalue weighted by Gasteiger charge is -2.21. The van der Waals surface area contributed by atoms with Crippen LogP contribution >= 0.6 is 11.9 Å². The summed E-state index contributed by atoms with van der Waals surface area (Å²) in [4.78, 5) is 4.99. The van der Waals surface area contributed by atoms with Crippen LogP contribution in [0, 0.1) is 0 Å². The van der Waals surface area contributed by atoms with Gasteiger partial charge in [0.25, 0.3) is 0 Å². The third kappa shape index (κ3) is 1.65. The molecular weight excluding hydrogens is 122 g/mol. The fraction of sp³-hybridized carbons (Fsp3) is 1.00. The Labute approximate surface area is 54.3 Å². The Morgan fingerprint density at radius 2 is 2.38 bits per heavy atom. The first-order chi connectivity index (χ1) is 3.93. The van der Waals surface area contributed by atoms with E-state index in [4.69, 9.17) is 4.84 Å². The standard InChI is InChI=1S/C5H11NOS/c1-7-6-4-2-3-5-8-6/h2-5H2,1H3. The Morgan fingerprint density at radius 3 is 2.75 bits per heavy atom. The van der Waals surface area contributed by atoms with E-state index < -0.39 is 0 Å². The van der Waals surface area contributed by atoms with E-state index in [2.05, 4.69) is 0 Å². The molecule has 0 spiro atoms.